The molecule has 0 unspecified atom stereocenters. The van der Waals surface area contributed by atoms with Crippen LogP contribution in [0.1, 0.15) is 53.1 Å². The molecule has 2 rings (SSSR count). The Labute approximate surface area is 122 Å². The average Bonchev–Trinajstić information content (AvgIpc) is 2.69. The van der Waals surface area contributed by atoms with E-state index in [2.05, 4.69) is 10.6 Å². The first-order chi connectivity index (χ1) is 9.45. The number of hydrogen-bond acceptors (Lipinski definition) is 5. The van der Waals surface area contributed by atoms with Crippen LogP contribution in [0.25, 0.3) is 0 Å². The van der Waals surface area contributed by atoms with E-state index in [1.54, 1.807) is 7.05 Å². The smallest absolute Gasteiger partial charge is 0.256 e. The van der Waals surface area contributed by atoms with Crippen LogP contribution in [0.3, 0.4) is 0 Å². The van der Waals surface area contributed by atoms with E-state index in [-0.39, 0.29) is 17.6 Å². The van der Waals surface area contributed by atoms with Gasteiger partial charge in [0.05, 0.1) is 16.1 Å². The zero-order valence-corrected chi connectivity index (χ0v) is 12.9. The maximum absolute atomic E-state index is 12.2. The first-order valence-electron chi connectivity index (χ1n) is 6.90. The van der Waals surface area contributed by atoms with E-state index in [9.17, 15) is 9.59 Å². The second kappa shape index (κ2) is 5.83. The van der Waals surface area contributed by atoms with Crippen LogP contribution < -0.4 is 16.4 Å². The molecule has 1 heterocycles. The maximum Gasteiger partial charge on any atom is 0.256 e. The SMILES string of the molecule is CNC(=O)c1c(NC2CCC2)sc(C(=O)C(C)C)c1N. The number of anilines is 2. The van der Waals surface area contributed by atoms with Gasteiger partial charge in [0.25, 0.3) is 5.91 Å². The molecule has 1 aliphatic rings. The van der Waals surface area contributed by atoms with Crippen LogP contribution in [0.5, 0.6) is 0 Å². The van der Waals surface area contributed by atoms with Gasteiger partial charge in [-0.2, -0.15) is 0 Å². The summed E-state index contributed by atoms with van der Waals surface area (Å²) in [6.07, 6.45) is 3.39. The molecule has 6 heteroatoms. The van der Waals surface area contributed by atoms with Crippen molar-refractivity contribution in [2.75, 3.05) is 18.1 Å². The van der Waals surface area contributed by atoms with E-state index in [1.165, 1.54) is 17.8 Å². The number of rotatable bonds is 5. The molecule has 5 nitrogen and oxygen atoms in total. The number of nitrogens with one attached hydrogen (secondary N) is 2. The van der Waals surface area contributed by atoms with Gasteiger partial charge in [-0.3, -0.25) is 9.59 Å². The molecule has 1 aliphatic carbocycles. The molecule has 1 aromatic heterocycles. The van der Waals surface area contributed by atoms with Crippen LogP contribution in [0.4, 0.5) is 10.7 Å². The Hall–Kier alpha value is -1.56. The van der Waals surface area contributed by atoms with Crippen molar-refractivity contribution in [2.45, 2.75) is 39.2 Å². The highest BCUT2D eigenvalue weighted by atomic mass is 32.1. The lowest BCUT2D eigenvalue weighted by Crippen LogP contribution is -2.28. The minimum Gasteiger partial charge on any atom is -0.397 e. The maximum atomic E-state index is 12.2. The Morgan fingerprint density at radius 3 is 2.45 bits per heavy atom. The molecular weight excluding hydrogens is 274 g/mol. The molecule has 0 atom stereocenters. The van der Waals surface area contributed by atoms with Crippen molar-refractivity contribution in [1.82, 2.24) is 5.32 Å². The number of hydrogen-bond donors (Lipinski definition) is 3. The molecule has 0 spiro atoms. The van der Waals surface area contributed by atoms with Crippen molar-refractivity contribution >= 4 is 33.7 Å². The van der Waals surface area contributed by atoms with E-state index in [0.717, 1.165) is 17.8 Å². The Kier molecular flexibility index (Phi) is 4.32. The lowest BCUT2D eigenvalue weighted by atomic mass is 9.93. The summed E-state index contributed by atoms with van der Waals surface area (Å²) >= 11 is 1.30. The van der Waals surface area contributed by atoms with Crippen LogP contribution in [0.2, 0.25) is 0 Å². The van der Waals surface area contributed by atoms with Crippen LogP contribution in [-0.4, -0.2) is 24.8 Å². The summed E-state index contributed by atoms with van der Waals surface area (Å²) in [6, 6.07) is 0.387. The third-order valence-electron chi connectivity index (χ3n) is 3.59. The second-order valence-electron chi connectivity index (χ2n) is 5.42. The molecule has 1 fully saturated rings. The summed E-state index contributed by atoms with van der Waals surface area (Å²) in [5.41, 5.74) is 6.75. The lowest BCUT2D eigenvalue weighted by molar-refractivity contribution is 0.0944. The predicted octanol–water partition coefficient (Wildman–Crippen LogP) is 2.49. The van der Waals surface area contributed by atoms with Crippen LogP contribution in [0, 0.1) is 5.92 Å². The molecule has 0 bridgehead atoms. The largest absolute Gasteiger partial charge is 0.397 e. The third kappa shape index (κ3) is 2.65. The molecular formula is C14H21N3O2S. The summed E-state index contributed by atoms with van der Waals surface area (Å²) in [4.78, 5) is 24.7. The molecule has 1 saturated carbocycles. The lowest BCUT2D eigenvalue weighted by Gasteiger charge is -2.27. The predicted molar refractivity (Wildman–Crippen MR) is 82.6 cm³/mol. The van der Waals surface area contributed by atoms with Gasteiger partial charge >= 0.3 is 0 Å². The molecule has 1 aromatic rings. The fourth-order valence-electron chi connectivity index (χ4n) is 2.08. The first kappa shape index (κ1) is 14.8. The van der Waals surface area contributed by atoms with Crippen molar-refractivity contribution in [3.8, 4) is 0 Å². The van der Waals surface area contributed by atoms with Crippen LogP contribution >= 0.6 is 11.3 Å². The molecule has 0 radical (unpaired) electrons. The molecule has 0 aliphatic heterocycles. The monoisotopic (exact) mass is 295 g/mol. The Morgan fingerprint density at radius 1 is 1.35 bits per heavy atom. The van der Waals surface area contributed by atoms with E-state index >= 15 is 0 Å². The quantitative estimate of drug-likeness (QED) is 0.729. The van der Waals surface area contributed by atoms with Gasteiger partial charge in [0, 0.05) is 19.0 Å². The van der Waals surface area contributed by atoms with Gasteiger partial charge in [0.15, 0.2) is 5.78 Å². The summed E-state index contributed by atoms with van der Waals surface area (Å²) < 4.78 is 0. The number of carbonyl (C=O) groups excluding carboxylic acids is 2. The molecule has 110 valence electrons. The number of ketones is 1. The van der Waals surface area contributed by atoms with Gasteiger partial charge in [-0.15, -0.1) is 11.3 Å². The number of amides is 1. The fourth-order valence-corrected chi connectivity index (χ4v) is 3.36. The van der Waals surface area contributed by atoms with Gasteiger partial charge in [-0.1, -0.05) is 13.8 Å². The zero-order chi connectivity index (χ0) is 14.9. The van der Waals surface area contributed by atoms with Gasteiger partial charge in [0.1, 0.15) is 5.00 Å². The third-order valence-corrected chi connectivity index (χ3v) is 4.74. The van der Waals surface area contributed by atoms with Crippen LogP contribution in [-0.2, 0) is 0 Å². The summed E-state index contributed by atoms with van der Waals surface area (Å²) in [6.45, 7) is 3.67. The van der Waals surface area contributed by atoms with Gasteiger partial charge in [-0.25, -0.2) is 0 Å². The Morgan fingerprint density at radius 2 is 2.00 bits per heavy atom. The number of nitrogen functional groups attached to an aromatic ring is 1. The second-order valence-corrected chi connectivity index (χ2v) is 6.44. The number of Topliss-reactive ketones (excluding diaryl/α,β-unsaturated/α-hetero) is 1. The van der Waals surface area contributed by atoms with Crippen molar-refractivity contribution in [1.29, 1.82) is 0 Å². The summed E-state index contributed by atoms with van der Waals surface area (Å²) in [5.74, 6) is -0.396. The van der Waals surface area contributed by atoms with Crippen molar-refractivity contribution in [2.24, 2.45) is 5.92 Å². The minimum absolute atomic E-state index is 0.0145. The standard InChI is InChI=1S/C14H21N3O2S/c1-7(2)11(18)12-10(15)9(13(19)16-3)14(20-12)17-8-5-4-6-8/h7-8,17H,4-6,15H2,1-3H3,(H,16,19). The highest BCUT2D eigenvalue weighted by Crippen LogP contribution is 2.39. The van der Waals surface area contributed by atoms with Crippen LogP contribution in [0.15, 0.2) is 0 Å². The normalized spacial score (nSPS) is 15.0. The number of carbonyl (C=O) groups is 2. The highest BCUT2D eigenvalue weighted by molar-refractivity contribution is 7.19. The summed E-state index contributed by atoms with van der Waals surface area (Å²) in [5, 5.41) is 6.65. The average molecular weight is 295 g/mol. The molecule has 0 aromatic carbocycles. The van der Waals surface area contributed by atoms with Crippen molar-refractivity contribution in [3.63, 3.8) is 0 Å². The highest BCUT2D eigenvalue weighted by Gasteiger charge is 2.28. The summed E-state index contributed by atoms with van der Waals surface area (Å²) in [7, 11) is 1.57. The van der Waals surface area contributed by atoms with E-state index in [4.69, 9.17) is 5.73 Å². The van der Waals surface area contributed by atoms with Gasteiger partial charge < -0.3 is 16.4 Å². The Bertz CT molecular complexity index is 533. The number of nitrogens with two attached hydrogens (primary N) is 1. The van der Waals surface area contributed by atoms with Crippen molar-refractivity contribution < 1.29 is 9.59 Å². The van der Waals surface area contributed by atoms with Gasteiger partial charge in [-0.05, 0) is 19.3 Å². The zero-order valence-electron chi connectivity index (χ0n) is 12.1. The van der Waals surface area contributed by atoms with E-state index in [1.807, 2.05) is 13.8 Å². The molecule has 20 heavy (non-hydrogen) atoms. The fraction of sp³-hybridized carbons (Fsp3) is 0.571. The molecule has 0 saturated heterocycles. The number of thiophene rings is 1. The Balaban J connectivity index is 2.39. The van der Waals surface area contributed by atoms with Gasteiger partial charge in [0.2, 0.25) is 0 Å². The van der Waals surface area contributed by atoms with E-state index in [0.29, 0.717) is 22.2 Å². The topological polar surface area (TPSA) is 84.2 Å². The molecule has 1 amide bonds. The molecule has 4 N–H and O–H groups in total. The minimum atomic E-state index is -0.247. The van der Waals surface area contributed by atoms with E-state index < -0.39 is 0 Å². The first-order valence-corrected chi connectivity index (χ1v) is 7.72. The van der Waals surface area contributed by atoms with Crippen molar-refractivity contribution in [3.05, 3.63) is 10.4 Å².